The Balaban J connectivity index is 1.96. The Labute approximate surface area is 180 Å². The molecule has 1 aromatic carbocycles. The number of halogens is 1. The van der Waals surface area contributed by atoms with Crippen LogP contribution in [0.25, 0.3) is 11.3 Å². The van der Waals surface area contributed by atoms with Gasteiger partial charge >= 0.3 is 0 Å². The highest BCUT2D eigenvalue weighted by molar-refractivity contribution is 6.30. The lowest BCUT2D eigenvalue weighted by Gasteiger charge is -2.22. The van der Waals surface area contributed by atoms with Crippen LogP contribution in [-0.4, -0.2) is 46.2 Å². The van der Waals surface area contributed by atoms with E-state index >= 15 is 0 Å². The van der Waals surface area contributed by atoms with E-state index in [0.717, 1.165) is 5.69 Å². The molecule has 2 heterocycles. The van der Waals surface area contributed by atoms with Gasteiger partial charge in [-0.3, -0.25) is 9.78 Å². The molecule has 0 atom stereocenters. The van der Waals surface area contributed by atoms with Gasteiger partial charge in [0.1, 0.15) is 11.6 Å². The predicted octanol–water partition coefficient (Wildman–Crippen LogP) is 3.71. The van der Waals surface area contributed by atoms with Crippen LogP contribution in [0.1, 0.15) is 13.3 Å². The van der Waals surface area contributed by atoms with Crippen molar-refractivity contribution in [1.82, 2.24) is 15.0 Å². The van der Waals surface area contributed by atoms with Gasteiger partial charge in [0.05, 0.1) is 30.0 Å². The van der Waals surface area contributed by atoms with Gasteiger partial charge in [-0.05, 0) is 30.7 Å². The average Bonchev–Trinajstić information content (AvgIpc) is 2.74. The Morgan fingerprint density at radius 2 is 2.07 bits per heavy atom. The maximum atomic E-state index is 12.1. The number of amides is 1. The molecule has 0 unspecified atom stereocenters. The van der Waals surface area contributed by atoms with Crippen molar-refractivity contribution in [2.45, 2.75) is 13.3 Å². The third-order valence-electron chi connectivity index (χ3n) is 4.35. The summed E-state index contributed by atoms with van der Waals surface area (Å²) in [4.78, 5) is 27.0. The van der Waals surface area contributed by atoms with Gasteiger partial charge in [-0.25, -0.2) is 9.97 Å². The lowest BCUT2D eigenvalue weighted by molar-refractivity contribution is -0.116. The van der Waals surface area contributed by atoms with Gasteiger partial charge in [0.2, 0.25) is 5.91 Å². The highest BCUT2D eigenvalue weighted by Gasteiger charge is 2.16. The first kappa shape index (κ1) is 21.5. The molecule has 30 heavy (non-hydrogen) atoms. The number of aliphatic hydroxyl groups is 1. The first-order chi connectivity index (χ1) is 14.5. The van der Waals surface area contributed by atoms with E-state index in [4.69, 9.17) is 16.7 Å². The number of carbonyl (C=O) groups excluding carboxylic acids is 1. The summed E-state index contributed by atoms with van der Waals surface area (Å²) < 4.78 is 0. The molecular weight excluding hydrogens is 404 g/mol. The summed E-state index contributed by atoms with van der Waals surface area (Å²) in [6.45, 7) is 1.88. The van der Waals surface area contributed by atoms with E-state index in [1.54, 1.807) is 42.7 Å². The molecule has 9 heteroatoms. The van der Waals surface area contributed by atoms with Gasteiger partial charge in [-0.1, -0.05) is 17.7 Å². The fraction of sp³-hybridized carbons (Fsp3) is 0.238. The molecule has 3 aromatic rings. The number of aromatic nitrogens is 3. The maximum Gasteiger partial charge on any atom is 0.223 e. The second-order valence-electron chi connectivity index (χ2n) is 6.51. The first-order valence-corrected chi connectivity index (χ1v) is 9.81. The van der Waals surface area contributed by atoms with Crippen molar-refractivity contribution in [1.29, 1.82) is 0 Å². The van der Waals surface area contributed by atoms with Crippen LogP contribution >= 0.6 is 11.6 Å². The molecule has 0 aliphatic heterocycles. The summed E-state index contributed by atoms with van der Waals surface area (Å²) in [7, 11) is 1.77. The van der Waals surface area contributed by atoms with Crippen LogP contribution in [-0.2, 0) is 4.79 Å². The van der Waals surface area contributed by atoms with Crippen LogP contribution in [0.15, 0.2) is 48.9 Å². The summed E-state index contributed by atoms with van der Waals surface area (Å²) in [6, 6.07) is 9.15. The molecule has 0 aliphatic rings. The topological polar surface area (TPSA) is 103 Å². The lowest BCUT2D eigenvalue weighted by Crippen LogP contribution is -2.30. The number of anilines is 4. The van der Waals surface area contributed by atoms with Crippen molar-refractivity contribution in [3.05, 3.63) is 53.9 Å². The Morgan fingerprint density at radius 3 is 2.77 bits per heavy atom. The second kappa shape index (κ2) is 10.00. The first-order valence-electron chi connectivity index (χ1n) is 9.43. The zero-order valence-corrected chi connectivity index (χ0v) is 17.5. The van der Waals surface area contributed by atoms with Gasteiger partial charge < -0.3 is 20.6 Å². The summed E-state index contributed by atoms with van der Waals surface area (Å²) in [5, 5.41) is 16.0. The molecule has 1 amide bonds. The molecule has 0 fully saturated rings. The van der Waals surface area contributed by atoms with Crippen LogP contribution < -0.4 is 15.5 Å². The number of rotatable bonds is 8. The van der Waals surface area contributed by atoms with Gasteiger partial charge in [-0.15, -0.1) is 0 Å². The van der Waals surface area contributed by atoms with Crippen LogP contribution in [0, 0.1) is 0 Å². The third-order valence-corrected chi connectivity index (χ3v) is 4.58. The van der Waals surface area contributed by atoms with Crippen LogP contribution in [0.4, 0.5) is 23.0 Å². The highest BCUT2D eigenvalue weighted by Crippen LogP contribution is 2.30. The molecule has 0 radical (unpaired) electrons. The van der Waals surface area contributed by atoms with Crippen LogP contribution in [0.2, 0.25) is 5.02 Å². The van der Waals surface area contributed by atoms with E-state index in [9.17, 15) is 4.79 Å². The van der Waals surface area contributed by atoms with Crippen molar-refractivity contribution in [2.24, 2.45) is 0 Å². The van der Waals surface area contributed by atoms with E-state index in [1.165, 1.54) is 6.92 Å². The van der Waals surface area contributed by atoms with Crippen molar-refractivity contribution in [3.63, 3.8) is 0 Å². The Morgan fingerprint density at radius 1 is 1.23 bits per heavy atom. The molecule has 3 rings (SSSR count). The number of nitrogens with zero attached hydrogens (tertiary/aromatic N) is 4. The van der Waals surface area contributed by atoms with Gasteiger partial charge in [0.15, 0.2) is 0 Å². The Bertz CT molecular complexity index is 1030. The summed E-state index contributed by atoms with van der Waals surface area (Å²) in [5.74, 6) is 1.03. The number of hydrogen-bond acceptors (Lipinski definition) is 7. The van der Waals surface area contributed by atoms with Crippen molar-refractivity contribution < 1.29 is 9.90 Å². The zero-order chi connectivity index (χ0) is 21.5. The van der Waals surface area contributed by atoms with Crippen molar-refractivity contribution >= 4 is 40.5 Å². The lowest BCUT2D eigenvalue weighted by atomic mass is 10.1. The van der Waals surface area contributed by atoms with Crippen molar-refractivity contribution in [3.8, 4) is 11.3 Å². The third kappa shape index (κ3) is 5.22. The van der Waals surface area contributed by atoms with E-state index in [-0.39, 0.29) is 12.5 Å². The number of pyridine rings is 1. The van der Waals surface area contributed by atoms with Crippen LogP contribution in [0.5, 0.6) is 0 Å². The van der Waals surface area contributed by atoms with Crippen LogP contribution in [0.3, 0.4) is 0 Å². The largest absolute Gasteiger partial charge is 0.396 e. The fourth-order valence-corrected chi connectivity index (χ4v) is 3.15. The smallest absolute Gasteiger partial charge is 0.223 e. The number of hydrogen-bond donors (Lipinski definition) is 3. The highest BCUT2D eigenvalue weighted by atomic mass is 35.5. The Kier molecular flexibility index (Phi) is 7.16. The SMILES string of the molecule is CNc1ncc(N(CCCO)C(C)=O)cc1-c1cncc(Nc2cccc(Cl)c2)n1. The van der Waals surface area contributed by atoms with E-state index < -0.39 is 0 Å². The minimum absolute atomic E-state index is 0.00135. The Hall–Kier alpha value is -3.23. The monoisotopic (exact) mass is 426 g/mol. The van der Waals surface area contributed by atoms with Crippen molar-refractivity contribution in [2.75, 3.05) is 35.7 Å². The number of benzene rings is 1. The molecule has 0 saturated heterocycles. The summed E-state index contributed by atoms with van der Waals surface area (Å²) in [6.07, 6.45) is 5.34. The molecule has 0 spiro atoms. The number of aliphatic hydroxyl groups excluding tert-OH is 1. The van der Waals surface area contributed by atoms with Gasteiger partial charge in [-0.2, -0.15) is 0 Å². The molecule has 3 N–H and O–H groups in total. The molecule has 2 aromatic heterocycles. The summed E-state index contributed by atoms with van der Waals surface area (Å²) >= 11 is 6.05. The van der Waals surface area contributed by atoms with E-state index in [2.05, 4.69) is 25.6 Å². The second-order valence-corrected chi connectivity index (χ2v) is 6.95. The molecule has 8 nitrogen and oxygen atoms in total. The van der Waals surface area contributed by atoms with E-state index in [1.807, 2.05) is 18.2 Å². The zero-order valence-electron chi connectivity index (χ0n) is 16.8. The molecule has 0 saturated carbocycles. The molecule has 156 valence electrons. The number of nitrogens with one attached hydrogen (secondary N) is 2. The van der Waals surface area contributed by atoms with E-state index in [0.29, 0.717) is 46.6 Å². The molecule has 0 aliphatic carbocycles. The molecular formula is C21H23ClN6O2. The quantitative estimate of drug-likeness (QED) is 0.504. The predicted molar refractivity (Wildman–Crippen MR) is 119 cm³/mol. The number of carbonyl (C=O) groups is 1. The summed E-state index contributed by atoms with van der Waals surface area (Å²) in [5.41, 5.74) is 2.71. The minimum atomic E-state index is -0.129. The average molecular weight is 427 g/mol. The maximum absolute atomic E-state index is 12.1. The normalized spacial score (nSPS) is 10.5. The minimum Gasteiger partial charge on any atom is -0.396 e. The standard InChI is InChI=1S/C21H23ClN6O2/c1-14(30)28(7-4-8-29)17-10-18(21(23-2)25-11-17)19-12-24-13-20(27-19)26-16-6-3-5-15(22)9-16/h3,5-6,9-13,29H,4,7-8H2,1-2H3,(H,23,25)(H,26,27). The van der Waals surface area contributed by atoms with Gasteiger partial charge in [0, 0.05) is 43.4 Å². The fourth-order valence-electron chi connectivity index (χ4n) is 2.96. The molecule has 0 bridgehead atoms. The van der Waals surface area contributed by atoms with Gasteiger partial charge in [0.25, 0.3) is 0 Å².